The van der Waals surface area contributed by atoms with Gasteiger partial charge in [-0.2, -0.15) is 0 Å². The number of amides is 2. The van der Waals surface area contributed by atoms with Crippen molar-refractivity contribution in [3.63, 3.8) is 0 Å². The number of aryl methyl sites for hydroxylation is 1. The van der Waals surface area contributed by atoms with Crippen LogP contribution in [0.1, 0.15) is 12.0 Å². The maximum atomic E-state index is 13.0. The molecule has 2 amide bonds. The van der Waals surface area contributed by atoms with E-state index in [-0.39, 0.29) is 18.2 Å². The number of benzene rings is 2. The normalized spacial score (nSPS) is 16.0. The molecule has 8 heteroatoms. The first-order valence-electron chi connectivity index (χ1n) is 10.3. The molecule has 2 aromatic carbocycles. The minimum absolute atomic E-state index is 0.0739. The summed E-state index contributed by atoms with van der Waals surface area (Å²) in [4.78, 5) is 35.9. The number of nitrogens with one attached hydrogen (secondary N) is 1. The van der Waals surface area contributed by atoms with Crippen molar-refractivity contribution in [1.29, 1.82) is 0 Å². The summed E-state index contributed by atoms with van der Waals surface area (Å²) in [6.45, 7) is 2.27. The van der Waals surface area contributed by atoms with Crippen molar-refractivity contribution in [2.24, 2.45) is 5.92 Å². The summed E-state index contributed by atoms with van der Waals surface area (Å²) in [7, 11) is 0. The average molecular weight is 446 g/mol. The van der Waals surface area contributed by atoms with Crippen LogP contribution in [0.25, 0.3) is 17.0 Å². The van der Waals surface area contributed by atoms with Crippen LogP contribution in [0.4, 0.5) is 11.4 Å². The zero-order valence-corrected chi connectivity index (χ0v) is 18.1. The maximum absolute atomic E-state index is 13.0. The number of fused-ring (bicyclic) bond motifs is 1. The number of carbonyl (C=O) groups is 2. The third-order valence-corrected chi connectivity index (χ3v) is 5.91. The lowest BCUT2D eigenvalue weighted by atomic mass is 10.1. The Morgan fingerprint density at radius 3 is 2.78 bits per heavy atom. The molecule has 3 heterocycles. The van der Waals surface area contributed by atoms with E-state index >= 15 is 0 Å². The third-order valence-electron chi connectivity index (χ3n) is 5.66. The van der Waals surface area contributed by atoms with E-state index in [1.54, 1.807) is 35.4 Å². The number of halogens is 1. The van der Waals surface area contributed by atoms with Gasteiger partial charge in [0.2, 0.25) is 17.6 Å². The number of carbonyl (C=O) groups excluding carboxylic acids is 2. The van der Waals surface area contributed by atoms with Gasteiger partial charge in [-0.1, -0.05) is 23.7 Å². The second-order valence-electron chi connectivity index (χ2n) is 7.85. The topological polar surface area (TPSA) is 79.6 Å². The molecule has 0 unspecified atom stereocenters. The summed E-state index contributed by atoms with van der Waals surface area (Å²) < 4.78 is 1.85. The van der Waals surface area contributed by atoms with Crippen molar-refractivity contribution in [1.82, 2.24) is 14.4 Å². The van der Waals surface area contributed by atoms with Gasteiger partial charge in [0.05, 0.1) is 11.6 Å². The molecule has 5 rings (SSSR count). The Morgan fingerprint density at radius 2 is 2.00 bits per heavy atom. The highest BCUT2D eigenvalue weighted by Gasteiger charge is 2.35. The molecule has 32 heavy (non-hydrogen) atoms. The standard InChI is InChI=1S/C24H20ClN5O2/c1-15-3-4-16(21-14-29-10-2-9-26-24(29)28-21)11-20(15)27-23(32)17-12-22(31)30(13-17)19-7-5-18(25)6-8-19/h2-11,14,17H,12-13H2,1H3,(H,27,32)/t17-/m0/s1. The lowest BCUT2D eigenvalue weighted by Gasteiger charge is -2.17. The van der Waals surface area contributed by atoms with E-state index in [1.807, 2.05) is 48.0 Å². The van der Waals surface area contributed by atoms with Gasteiger partial charge in [-0.25, -0.2) is 9.97 Å². The Kier molecular flexibility index (Phi) is 5.11. The first-order chi connectivity index (χ1) is 15.5. The number of hydrogen-bond donors (Lipinski definition) is 1. The van der Waals surface area contributed by atoms with Crippen molar-refractivity contribution in [2.75, 3.05) is 16.8 Å². The summed E-state index contributed by atoms with van der Waals surface area (Å²) in [5, 5.41) is 3.61. The molecule has 0 saturated carbocycles. The molecule has 7 nitrogen and oxygen atoms in total. The highest BCUT2D eigenvalue weighted by atomic mass is 35.5. The van der Waals surface area contributed by atoms with Crippen LogP contribution in [0.5, 0.6) is 0 Å². The summed E-state index contributed by atoms with van der Waals surface area (Å²) in [6.07, 6.45) is 5.66. The Hall–Kier alpha value is -3.71. The van der Waals surface area contributed by atoms with E-state index in [0.29, 0.717) is 23.0 Å². The lowest BCUT2D eigenvalue weighted by molar-refractivity contribution is -0.122. The van der Waals surface area contributed by atoms with Crippen LogP contribution >= 0.6 is 11.6 Å². The molecule has 1 aliphatic rings. The number of anilines is 2. The van der Waals surface area contributed by atoms with E-state index < -0.39 is 5.92 Å². The molecule has 0 bridgehead atoms. The fourth-order valence-corrected chi connectivity index (χ4v) is 4.00. The minimum Gasteiger partial charge on any atom is -0.326 e. The average Bonchev–Trinajstić information content (AvgIpc) is 3.39. The molecule has 1 atom stereocenters. The second-order valence-corrected chi connectivity index (χ2v) is 8.29. The van der Waals surface area contributed by atoms with Gasteiger partial charge in [-0.15, -0.1) is 0 Å². The molecule has 160 valence electrons. The Balaban J connectivity index is 1.34. The molecule has 0 spiro atoms. The largest absolute Gasteiger partial charge is 0.326 e. The first-order valence-corrected chi connectivity index (χ1v) is 10.6. The molecule has 4 aromatic rings. The molecule has 2 aromatic heterocycles. The van der Waals surface area contributed by atoms with Crippen molar-refractivity contribution in [3.8, 4) is 11.3 Å². The molecule has 0 aliphatic carbocycles. The Bertz CT molecular complexity index is 1300. The predicted molar refractivity (Wildman–Crippen MR) is 124 cm³/mol. The number of imidazole rings is 1. The second kappa shape index (κ2) is 8.09. The van der Waals surface area contributed by atoms with Gasteiger partial charge in [0.25, 0.3) is 0 Å². The maximum Gasteiger partial charge on any atom is 0.234 e. The van der Waals surface area contributed by atoms with Crippen LogP contribution in [-0.2, 0) is 9.59 Å². The smallest absolute Gasteiger partial charge is 0.234 e. The van der Waals surface area contributed by atoms with Crippen LogP contribution < -0.4 is 10.2 Å². The summed E-state index contributed by atoms with van der Waals surface area (Å²) in [6, 6.07) is 14.7. The van der Waals surface area contributed by atoms with E-state index in [2.05, 4.69) is 15.3 Å². The van der Waals surface area contributed by atoms with E-state index in [4.69, 9.17) is 11.6 Å². The molecular formula is C24H20ClN5O2. The fourth-order valence-electron chi connectivity index (χ4n) is 3.87. The minimum atomic E-state index is -0.430. The van der Waals surface area contributed by atoms with Gasteiger partial charge < -0.3 is 10.2 Å². The van der Waals surface area contributed by atoms with Crippen molar-refractivity contribution >= 4 is 40.6 Å². The van der Waals surface area contributed by atoms with Gasteiger partial charge in [0, 0.05) is 53.5 Å². The summed E-state index contributed by atoms with van der Waals surface area (Å²) in [5.74, 6) is -0.0667. The van der Waals surface area contributed by atoms with Gasteiger partial charge in [-0.3, -0.25) is 14.0 Å². The first kappa shape index (κ1) is 20.2. The molecule has 1 N–H and O–H groups in total. The zero-order chi connectivity index (χ0) is 22.2. The van der Waals surface area contributed by atoms with Gasteiger partial charge in [0.15, 0.2) is 0 Å². The van der Waals surface area contributed by atoms with Gasteiger partial charge in [-0.05, 0) is 48.9 Å². The number of nitrogens with zero attached hydrogens (tertiary/aromatic N) is 4. The van der Waals surface area contributed by atoms with Crippen LogP contribution in [0, 0.1) is 12.8 Å². The number of aromatic nitrogens is 3. The van der Waals surface area contributed by atoms with E-state index in [9.17, 15) is 9.59 Å². The highest BCUT2D eigenvalue weighted by molar-refractivity contribution is 6.30. The SMILES string of the molecule is Cc1ccc(-c2cn3cccnc3n2)cc1NC(=O)[C@H]1CC(=O)N(c2ccc(Cl)cc2)C1. The van der Waals surface area contributed by atoms with Gasteiger partial charge >= 0.3 is 0 Å². The summed E-state index contributed by atoms with van der Waals surface area (Å²) in [5.41, 5.74) is 4.02. The van der Waals surface area contributed by atoms with Crippen LogP contribution in [0.2, 0.25) is 5.02 Å². The number of rotatable bonds is 4. The summed E-state index contributed by atoms with van der Waals surface area (Å²) >= 11 is 5.94. The molecule has 1 aliphatic heterocycles. The zero-order valence-electron chi connectivity index (χ0n) is 17.3. The quantitative estimate of drug-likeness (QED) is 0.506. The number of hydrogen-bond acceptors (Lipinski definition) is 4. The molecular weight excluding hydrogens is 426 g/mol. The van der Waals surface area contributed by atoms with Crippen LogP contribution in [0.15, 0.2) is 67.1 Å². The molecule has 0 radical (unpaired) electrons. The van der Waals surface area contributed by atoms with Crippen molar-refractivity contribution in [2.45, 2.75) is 13.3 Å². The third kappa shape index (κ3) is 3.83. The van der Waals surface area contributed by atoms with Crippen LogP contribution in [-0.4, -0.2) is 32.7 Å². The fraction of sp³-hybridized carbons (Fsp3) is 0.167. The lowest BCUT2D eigenvalue weighted by Crippen LogP contribution is -2.28. The van der Waals surface area contributed by atoms with Crippen LogP contribution in [0.3, 0.4) is 0 Å². The van der Waals surface area contributed by atoms with E-state index in [0.717, 1.165) is 22.5 Å². The van der Waals surface area contributed by atoms with Crippen molar-refractivity contribution in [3.05, 3.63) is 77.7 Å². The van der Waals surface area contributed by atoms with Gasteiger partial charge in [0.1, 0.15) is 0 Å². The molecule has 1 saturated heterocycles. The van der Waals surface area contributed by atoms with Crippen molar-refractivity contribution < 1.29 is 9.59 Å². The highest BCUT2D eigenvalue weighted by Crippen LogP contribution is 2.29. The Morgan fingerprint density at radius 1 is 1.19 bits per heavy atom. The monoisotopic (exact) mass is 445 g/mol. The predicted octanol–water partition coefficient (Wildman–Crippen LogP) is 4.35. The molecule has 1 fully saturated rings. The Labute approximate surface area is 189 Å². The van der Waals surface area contributed by atoms with E-state index in [1.165, 1.54) is 0 Å².